The predicted molar refractivity (Wildman–Crippen MR) is 43.8 cm³/mol. The zero-order chi connectivity index (χ0) is 8.97. The summed E-state index contributed by atoms with van der Waals surface area (Å²) in [5.74, 6) is -0.267. The zero-order valence-electron chi connectivity index (χ0n) is 7.50. The van der Waals surface area contributed by atoms with E-state index in [1.54, 1.807) is 6.92 Å². The van der Waals surface area contributed by atoms with Gasteiger partial charge in [-0.3, -0.25) is 0 Å². The van der Waals surface area contributed by atoms with Crippen molar-refractivity contribution in [3.05, 3.63) is 0 Å². The van der Waals surface area contributed by atoms with E-state index in [1.807, 2.05) is 6.92 Å². The molecule has 70 valence electrons. The highest BCUT2D eigenvalue weighted by Gasteiger charge is 2.25. The van der Waals surface area contributed by atoms with Crippen molar-refractivity contribution in [1.29, 1.82) is 0 Å². The molecule has 0 aliphatic carbocycles. The minimum absolute atomic E-state index is 0.267. The normalized spacial score (nSPS) is 29.8. The van der Waals surface area contributed by atoms with E-state index in [9.17, 15) is 4.79 Å². The quantitative estimate of drug-likeness (QED) is 0.594. The summed E-state index contributed by atoms with van der Waals surface area (Å²) in [6.45, 7) is 5.34. The van der Waals surface area contributed by atoms with Gasteiger partial charge in [0.2, 0.25) is 0 Å². The van der Waals surface area contributed by atoms with Crippen LogP contribution in [0.1, 0.15) is 13.8 Å². The number of carbonyl (C=O) groups excluding carboxylic acids is 1. The smallest absolute Gasteiger partial charge is 0.336 e. The van der Waals surface area contributed by atoms with E-state index >= 15 is 0 Å². The molecule has 0 amide bonds. The van der Waals surface area contributed by atoms with E-state index in [4.69, 9.17) is 9.47 Å². The Balaban J connectivity index is 2.29. The van der Waals surface area contributed by atoms with E-state index < -0.39 is 6.10 Å². The van der Waals surface area contributed by atoms with E-state index in [-0.39, 0.29) is 5.97 Å². The van der Waals surface area contributed by atoms with Gasteiger partial charge in [0.05, 0.1) is 13.2 Å². The van der Waals surface area contributed by atoms with Gasteiger partial charge in [-0.2, -0.15) is 0 Å². The minimum Gasteiger partial charge on any atom is -0.464 e. The summed E-state index contributed by atoms with van der Waals surface area (Å²) in [5, 5.41) is 3.15. The SMILES string of the molecule is CCOC(=O)C1CN[C@H](C)CO1. The molecule has 1 rings (SSSR count). The van der Waals surface area contributed by atoms with Gasteiger partial charge in [-0.1, -0.05) is 0 Å². The molecule has 0 aromatic heterocycles. The molecule has 1 unspecified atom stereocenters. The Hall–Kier alpha value is -0.610. The molecular formula is C8H15NO3. The van der Waals surface area contributed by atoms with Gasteiger partial charge in [0, 0.05) is 12.6 Å². The van der Waals surface area contributed by atoms with Crippen LogP contribution in [0.5, 0.6) is 0 Å². The van der Waals surface area contributed by atoms with Gasteiger partial charge in [0.25, 0.3) is 0 Å². The number of rotatable bonds is 2. The third-order valence-electron chi connectivity index (χ3n) is 1.75. The first-order valence-electron chi connectivity index (χ1n) is 4.25. The third kappa shape index (κ3) is 2.46. The highest BCUT2D eigenvalue weighted by molar-refractivity contribution is 5.75. The zero-order valence-corrected chi connectivity index (χ0v) is 7.50. The van der Waals surface area contributed by atoms with Crippen LogP contribution in [-0.2, 0) is 14.3 Å². The fourth-order valence-corrected chi connectivity index (χ4v) is 1.07. The number of ether oxygens (including phenoxy) is 2. The van der Waals surface area contributed by atoms with Crippen LogP contribution in [0, 0.1) is 0 Å². The van der Waals surface area contributed by atoms with Crippen molar-refractivity contribution in [3.8, 4) is 0 Å². The lowest BCUT2D eigenvalue weighted by Crippen LogP contribution is -2.48. The third-order valence-corrected chi connectivity index (χ3v) is 1.75. The molecule has 2 atom stereocenters. The molecule has 0 spiro atoms. The first-order chi connectivity index (χ1) is 5.74. The van der Waals surface area contributed by atoms with Gasteiger partial charge in [0.15, 0.2) is 6.10 Å². The Morgan fingerprint density at radius 1 is 1.75 bits per heavy atom. The van der Waals surface area contributed by atoms with Gasteiger partial charge in [-0.05, 0) is 13.8 Å². The van der Waals surface area contributed by atoms with Crippen LogP contribution in [0.2, 0.25) is 0 Å². The molecule has 1 aliphatic heterocycles. The predicted octanol–water partition coefficient (Wildman–Crippen LogP) is -0.0736. The van der Waals surface area contributed by atoms with E-state index in [0.29, 0.717) is 25.8 Å². The standard InChI is InChI=1S/C8H15NO3/c1-3-11-8(10)7-4-9-6(2)5-12-7/h6-7,9H,3-5H2,1-2H3/t6-,7?/m1/s1. The average molecular weight is 173 g/mol. The maximum atomic E-state index is 11.1. The monoisotopic (exact) mass is 173 g/mol. The maximum absolute atomic E-state index is 11.1. The summed E-state index contributed by atoms with van der Waals surface area (Å²) in [6.07, 6.45) is -0.416. The summed E-state index contributed by atoms with van der Waals surface area (Å²) in [4.78, 5) is 11.1. The van der Waals surface area contributed by atoms with Crippen molar-refractivity contribution in [2.24, 2.45) is 0 Å². The molecule has 1 heterocycles. The lowest BCUT2D eigenvalue weighted by Gasteiger charge is -2.26. The summed E-state index contributed by atoms with van der Waals surface area (Å²) in [5.41, 5.74) is 0. The van der Waals surface area contributed by atoms with Crippen molar-refractivity contribution in [1.82, 2.24) is 5.32 Å². The summed E-state index contributed by atoms with van der Waals surface area (Å²) in [6, 6.07) is 0.329. The largest absolute Gasteiger partial charge is 0.464 e. The second kappa shape index (κ2) is 4.42. The number of esters is 1. The van der Waals surface area contributed by atoms with Crippen molar-refractivity contribution in [3.63, 3.8) is 0 Å². The first kappa shape index (κ1) is 9.48. The van der Waals surface area contributed by atoms with Gasteiger partial charge >= 0.3 is 5.97 Å². The fourth-order valence-electron chi connectivity index (χ4n) is 1.07. The molecule has 1 N–H and O–H groups in total. The second-order valence-electron chi connectivity index (χ2n) is 2.88. The number of morpholine rings is 1. The van der Waals surface area contributed by atoms with Crippen LogP contribution in [-0.4, -0.2) is 37.9 Å². The second-order valence-corrected chi connectivity index (χ2v) is 2.88. The molecular weight excluding hydrogens is 158 g/mol. The minimum atomic E-state index is -0.416. The first-order valence-corrected chi connectivity index (χ1v) is 4.25. The Morgan fingerprint density at radius 2 is 2.50 bits per heavy atom. The number of nitrogens with one attached hydrogen (secondary N) is 1. The molecule has 4 nitrogen and oxygen atoms in total. The summed E-state index contributed by atoms with van der Waals surface area (Å²) in [7, 11) is 0. The van der Waals surface area contributed by atoms with E-state index in [1.165, 1.54) is 0 Å². The molecule has 12 heavy (non-hydrogen) atoms. The Bertz CT molecular complexity index is 152. The van der Waals surface area contributed by atoms with Gasteiger partial charge in [0.1, 0.15) is 0 Å². The maximum Gasteiger partial charge on any atom is 0.336 e. The van der Waals surface area contributed by atoms with Crippen molar-refractivity contribution >= 4 is 5.97 Å². The van der Waals surface area contributed by atoms with Crippen LogP contribution in [0.25, 0.3) is 0 Å². The summed E-state index contributed by atoms with van der Waals surface area (Å²) < 4.78 is 10.1. The van der Waals surface area contributed by atoms with Gasteiger partial charge in [-0.15, -0.1) is 0 Å². The molecule has 0 radical (unpaired) electrons. The molecule has 0 aromatic rings. The lowest BCUT2D eigenvalue weighted by molar-refractivity contribution is -0.159. The highest BCUT2D eigenvalue weighted by Crippen LogP contribution is 2.02. The average Bonchev–Trinajstić information content (AvgIpc) is 2.06. The molecule has 0 bridgehead atoms. The van der Waals surface area contributed by atoms with Crippen LogP contribution in [0.15, 0.2) is 0 Å². The molecule has 1 saturated heterocycles. The number of hydrogen-bond acceptors (Lipinski definition) is 4. The van der Waals surface area contributed by atoms with Gasteiger partial charge < -0.3 is 14.8 Å². The van der Waals surface area contributed by atoms with Crippen molar-refractivity contribution in [2.75, 3.05) is 19.8 Å². The van der Waals surface area contributed by atoms with Crippen LogP contribution in [0.3, 0.4) is 0 Å². The van der Waals surface area contributed by atoms with Crippen molar-refractivity contribution in [2.45, 2.75) is 26.0 Å². The molecule has 0 aromatic carbocycles. The Labute approximate surface area is 72.2 Å². The van der Waals surface area contributed by atoms with E-state index in [2.05, 4.69) is 5.32 Å². The molecule has 4 heteroatoms. The Morgan fingerprint density at radius 3 is 3.00 bits per heavy atom. The fraction of sp³-hybridized carbons (Fsp3) is 0.875. The molecule has 0 saturated carbocycles. The van der Waals surface area contributed by atoms with Gasteiger partial charge in [-0.25, -0.2) is 4.79 Å². The Kier molecular flexibility index (Phi) is 3.49. The van der Waals surface area contributed by atoms with Crippen LogP contribution >= 0.6 is 0 Å². The number of carbonyl (C=O) groups is 1. The van der Waals surface area contributed by atoms with Crippen LogP contribution in [0.4, 0.5) is 0 Å². The lowest BCUT2D eigenvalue weighted by atomic mass is 10.2. The summed E-state index contributed by atoms with van der Waals surface area (Å²) >= 11 is 0. The number of hydrogen-bond donors (Lipinski definition) is 1. The van der Waals surface area contributed by atoms with Crippen molar-refractivity contribution < 1.29 is 14.3 Å². The van der Waals surface area contributed by atoms with E-state index in [0.717, 1.165) is 0 Å². The molecule has 1 fully saturated rings. The van der Waals surface area contributed by atoms with Crippen LogP contribution < -0.4 is 5.32 Å². The highest BCUT2D eigenvalue weighted by atomic mass is 16.6. The topological polar surface area (TPSA) is 47.6 Å². The molecule has 1 aliphatic rings.